The van der Waals surface area contributed by atoms with Gasteiger partial charge in [0.25, 0.3) is 0 Å². The van der Waals surface area contributed by atoms with Crippen LogP contribution in [0.25, 0.3) is 0 Å². The van der Waals surface area contributed by atoms with Gasteiger partial charge in [-0.1, -0.05) is 12.5 Å². The number of nitrogens with one attached hydrogen (secondary N) is 2. The van der Waals surface area contributed by atoms with Gasteiger partial charge in [0.05, 0.1) is 0 Å². The van der Waals surface area contributed by atoms with Crippen LogP contribution in [0.1, 0.15) is 72.6 Å². The molecule has 4 nitrogen and oxygen atoms in total. The molecule has 0 unspecified atom stereocenters. The fraction of sp³-hybridized carbons (Fsp3) is 0.727. The highest BCUT2D eigenvalue weighted by molar-refractivity contribution is 6.01. The van der Waals surface area contributed by atoms with E-state index < -0.39 is 0 Å². The Hall–Kier alpha value is -1.58. The number of allylic oxidation sites excluding steroid dienone is 4. The Balaban J connectivity index is 1.65. The maximum atomic E-state index is 13.0. The molecule has 0 radical (unpaired) electrons. The molecule has 0 spiro atoms. The van der Waals surface area contributed by atoms with Crippen LogP contribution in [0.15, 0.2) is 22.4 Å². The lowest BCUT2D eigenvalue weighted by molar-refractivity contribution is -0.130. The highest BCUT2D eigenvalue weighted by atomic mass is 16.2. The fourth-order valence-corrected chi connectivity index (χ4v) is 5.95. The molecule has 4 heteroatoms. The molecule has 1 fully saturated rings. The fourth-order valence-electron chi connectivity index (χ4n) is 5.95. The first-order valence-corrected chi connectivity index (χ1v) is 10.3. The quantitative estimate of drug-likeness (QED) is 0.754. The third-order valence-corrected chi connectivity index (χ3v) is 7.09. The van der Waals surface area contributed by atoms with E-state index in [4.69, 9.17) is 0 Å². The van der Waals surface area contributed by atoms with Crippen molar-refractivity contribution in [2.24, 2.45) is 17.3 Å². The third-order valence-electron chi connectivity index (χ3n) is 7.09. The van der Waals surface area contributed by atoms with Crippen molar-refractivity contribution >= 4 is 11.7 Å². The molecule has 1 aliphatic heterocycles. The van der Waals surface area contributed by atoms with E-state index in [2.05, 4.69) is 38.3 Å². The topological polar surface area (TPSA) is 58.2 Å². The van der Waals surface area contributed by atoms with Crippen LogP contribution in [0.4, 0.5) is 0 Å². The van der Waals surface area contributed by atoms with Gasteiger partial charge >= 0.3 is 0 Å². The largest absolute Gasteiger partial charge is 0.387 e. The lowest BCUT2D eigenvalue weighted by atomic mass is 9.60. The highest BCUT2D eigenvalue weighted by Crippen LogP contribution is 2.60. The Morgan fingerprint density at radius 1 is 1.15 bits per heavy atom. The normalized spacial score (nSPS) is 34.1. The van der Waals surface area contributed by atoms with Crippen molar-refractivity contribution in [3.63, 3.8) is 0 Å². The summed E-state index contributed by atoms with van der Waals surface area (Å²) in [6.45, 7) is 9.27. The summed E-state index contributed by atoms with van der Waals surface area (Å²) in [5.74, 6) is 1.11. The number of hydrogen-bond acceptors (Lipinski definition) is 3. The lowest BCUT2D eigenvalue weighted by Gasteiger charge is -2.45. The smallest absolute Gasteiger partial charge is 0.224 e. The average Bonchev–Trinajstić information content (AvgIpc) is 2.90. The number of amides is 1. The van der Waals surface area contributed by atoms with E-state index in [1.165, 1.54) is 16.8 Å². The molecule has 0 aromatic heterocycles. The second-order valence-electron chi connectivity index (χ2n) is 9.88. The summed E-state index contributed by atoms with van der Waals surface area (Å²) in [5, 5.41) is 6.68. The molecular weight excluding hydrogens is 324 g/mol. The molecule has 3 aliphatic carbocycles. The molecule has 3 atom stereocenters. The summed E-state index contributed by atoms with van der Waals surface area (Å²) in [4.78, 5) is 25.5. The first kappa shape index (κ1) is 17.8. The minimum atomic E-state index is -0.185. The van der Waals surface area contributed by atoms with E-state index in [1.807, 2.05) is 0 Å². The number of rotatable bonds is 1. The lowest BCUT2D eigenvalue weighted by Crippen LogP contribution is -2.48. The SMILES string of the molecule is CC(C)(C)NC(=O)[C@H]1CC[C@H]2C3=C(CC[C@]12C)C1=C(CC3)NCCC1=O. The summed E-state index contributed by atoms with van der Waals surface area (Å²) in [5.41, 5.74) is 4.89. The van der Waals surface area contributed by atoms with Crippen LogP contribution in [0, 0.1) is 17.3 Å². The Morgan fingerprint density at radius 3 is 2.65 bits per heavy atom. The average molecular weight is 357 g/mol. The molecule has 0 saturated heterocycles. The molecule has 1 saturated carbocycles. The van der Waals surface area contributed by atoms with Gasteiger partial charge in [-0.3, -0.25) is 9.59 Å². The van der Waals surface area contributed by atoms with Crippen molar-refractivity contribution in [1.29, 1.82) is 0 Å². The van der Waals surface area contributed by atoms with Crippen molar-refractivity contribution in [2.75, 3.05) is 6.54 Å². The molecule has 4 rings (SSSR count). The molecular formula is C22H32N2O2. The molecule has 0 aromatic rings. The van der Waals surface area contributed by atoms with Crippen LogP contribution in [-0.4, -0.2) is 23.8 Å². The Kier molecular flexibility index (Phi) is 4.09. The van der Waals surface area contributed by atoms with Crippen molar-refractivity contribution in [1.82, 2.24) is 10.6 Å². The van der Waals surface area contributed by atoms with Crippen molar-refractivity contribution in [3.05, 3.63) is 22.4 Å². The van der Waals surface area contributed by atoms with E-state index in [1.54, 1.807) is 0 Å². The number of Topliss-reactive ketones (excluding diaryl/α,β-unsaturated/α-hetero) is 1. The first-order chi connectivity index (χ1) is 12.2. The van der Waals surface area contributed by atoms with Crippen LogP contribution < -0.4 is 10.6 Å². The van der Waals surface area contributed by atoms with E-state index in [0.717, 1.165) is 50.6 Å². The number of carbonyl (C=O) groups excluding carboxylic acids is 2. The first-order valence-electron chi connectivity index (χ1n) is 10.3. The van der Waals surface area contributed by atoms with E-state index >= 15 is 0 Å². The Morgan fingerprint density at radius 2 is 1.92 bits per heavy atom. The van der Waals surface area contributed by atoms with Gasteiger partial charge < -0.3 is 10.6 Å². The summed E-state index contributed by atoms with van der Waals surface area (Å²) in [7, 11) is 0. The van der Waals surface area contributed by atoms with Crippen molar-refractivity contribution in [2.45, 2.75) is 78.2 Å². The predicted molar refractivity (Wildman–Crippen MR) is 102 cm³/mol. The van der Waals surface area contributed by atoms with Gasteiger partial charge in [-0.05, 0) is 76.2 Å². The summed E-state index contributed by atoms with van der Waals surface area (Å²) in [6, 6.07) is 0. The van der Waals surface area contributed by atoms with Gasteiger partial charge in [0.2, 0.25) is 5.91 Å². The molecule has 0 bridgehead atoms. The van der Waals surface area contributed by atoms with Crippen LogP contribution >= 0.6 is 0 Å². The molecule has 2 N–H and O–H groups in total. The minimum Gasteiger partial charge on any atom is -0.387 e. The summed E-state index contributed by atoms with van der Waals surface area (Å²) < 4.78 is 0. The van der Waals surface area contributed by atoms with Gasteiger partial charge in [-0.15, -0.1) is 0 Å². The van der Waals surface area contributed by atoms with E-state index in [-0.39, 0.29) is 22.8 Å². The standard InChI is InChI=1S/C22H32N2O2/c1-21(2,3)24-20(26)16-7-6-15-13-5-8-17-19(18(25)10-12-23-17)14(13)9-11-22(15,16)4/h15-16,23H,5-12H2,1-4H3,(H,24,26)/t15-,16+,22-/m0/s1. The van der Waals surface area contributed by atoms with Crippen molar-refractivity contribution in [3.8, 4) is 0 Å². The van der Waals surface area contributed by atoms with Crippen molar-refractivity contribution < 1.29 is 9.59 Å². The molecule has 26 heavy (non-hydrogen) atoms. The second kappa shape index (κ2) is 5.97. The van der Waals surface area contributed by atoms with Crippen LogP contribution in [0.3, 0.4) is 0 Å². The molecule has 142 valence electrons. The van der Waals surface area contributed by atoms with Gasteiger partial charge in [0.1, 0.15) is 0 Å². The molecule has 1 heterocycles. The van der Waals surface area contributed by atoms with E-state index in [0.29, 0.717) is 18.1 Å². The summed E-state index contributed by atoms with van der Waals surface area (Å²) in [6.07, 6.45) is 6.66. The van der Waals surface area contributed by atoms with Gasteiger partial charge in [0.15, 0.2) is 5.78 Å². The number of ketones is 1. The minimum absolute atomic E-state index is 0.0391. The number of hydrogen-bond donors (Lipinski definition) is 2. The summed E-state index contributed by atoms with van der Waals surface area (Å²) >= 11 is 0. The molecule has 4 aliphatic rings. The van der Waals surface area contributed by atoms with Gasteiger partial charge in [0, 0.05) is 35.7 Å². The van der Waals surface area contributed by atoms with Gasteiger partial charge in [-0.2, -0.15) is 0 Å². The molecule has 0 aromatic carbocycles. The second-order valence-corrected chi connectivity index (χ2v) is 9.88. The Labute approximate surface area is 156 Å². The third kappa shape index (κ3) is 2.73. The van der Waals surface area contributed by atoms with Crippen LogP contribution in [0.5, 0.6) is 0 Å². The number of carbonyl (C=O) groups is 2. The zero-order valence-corrected chi connectivity index (χ0v) is 16.6. The van der Waals surface area contributed by atoms with Crippen LogP contribution in [0.2, 0.25) is 0 Å². The zero-order chi connectivity index (χ0) is 18.7. The zero-order valence-electron chi connectivity index (χ0n) is 16.6. The van der Waals surface area contributed by atoms with Gasteiger partial charge in [-0.25, -0.2) is 0 Å². The van der Waals surface area contributed by atoms with Crippen LogP contribution in [-0.2, 0) is 9.59 Å². The Bertz CT molecular complexity index is 725. The van der Waals surface area contributed by atoms with E-state index in [9.17, 15) is 9.59 Å². The monoisotopic (exact) mass is 356 g/mol. The highest BCUT2D eigenvalue weighted by Gasteiger charge is 2.54. The maximum Gasteiger partial charge on any atom is 0.224 e. The predicted octanol–water partition coefficient (Wildman–Crippen LogP) is 3.63. The molecule has 1 amide bonds. The number of fused-ring (bicyclic) bond motifs is 3. The maximum absolute atomic E-state index is 13.0.